The van der Waals surface area contributed by atoms with E-state index >= 15 is 4.39 Å². The average Bonchev–Trinajstić information content (AvgIpc) is 3.82. The number of anilines is 1. The van der Waals surface area contributed by atoms with Gasteiger partial charge in [0, 0.05) is 54.4 Å². The van der Waals surface area contributed by atoms with Crippen molar-refractivity contribution in [1.29, 1.82) is 0 Å². The van der Waals surface area contributed by atoms with Crippen LogP contribution in [-0.2, 0) is 6.67 Å². The molecule has 0 unspecified atom stereocenters. The fourth-order valence-corrected chi connectivity index (χ4v) is 6.72. The Labute approximate surface area is 277 Å². The van der Waals surface area contributed by atoms with Gasteiger partial charge in [-0.1, -0.05) is 35.3 Å². The van der Waals surface area contributed by atoms with E-state index in [1.165, 1.54) is 12.3 Å². The minimum absolute atomic E-state index is 0.0694. The number of nitrogens with zero attached hydrogens (tertiary/aromatic N) is 6. The molecule has 2 aliphatic rings. The first-order chi connectivity index (χ1) is 22.1. The Bertz CT molecular complexity index is 2150. The minimum atomic E-state index is -1.32. The van der Waals surface area contributed by atoms with Crippen LogP contribution in [0.2, 0.25) is 10.0 Å². The molecule has 2 N–H and O–H groups in total. The van der Waals surface area contributed by atoms with Gasteiger partial charge < -0.3 is 19.7 Å². The Hall–Kier alpha value is -4.23. The summed E-state index contributed by atoms with van der Waals surface area (Å²) in [4.78, 5) is 28.7. The van der Waals surface area contributed by atoms with E-state index in [1.54, 1.807) is 56.3 Å². The second-order valence-electron chi connectivity index (χ2n) is 11.5. The summed E-state index contributed by atoms with van der Waals surface area (Å²) in [5.74, 6) is -1.31. The number of aromatic nitrogens is 4. The maximum absolute atomic E-state index is 15.5. The molecular formula is C32H27Cl2FN6O4S. The van der Waals surface area contributed by atoms with Crippen molar-refractivity contribution in [3.05, 3.63) is 97.2 Å². The van der Waals surface area contributed by atoms with Crippen LogP contribution < -0.4 is 10.3 Å². The molecular weight excluding hydrogens is 654 g/mol. The SMILES string of the molecule is O=C(O)c1cn(C2CC2)c2cc(N3CCN(Cn4nc(-c5cccc(O)c5)n(-c5ccc(Cl)cc5Cl)c4=S)CC3)c(F)cc2c1=O. The van der Waals surface area contributed by atoms with Crippen LogP contribution in [0, 0.1) is 10.6 Å². The van der Waals surface area contributed by atoms with Gasteiger partial charge in [0.05, 0.1) is 28.6 Å². The van der Waals surface area contributed by atoms with Gasteiger partial charge in [-0.25, -0.2) is 13.9 Å². The summed E-state index contributed by atoms with van der Waals surface area (Å²) in [5, 5.41) is 25.5. The lowest BCUT2D eigenvalue weighted by molar-refractivity contribution is 0.0694. The van der Waals surface area contributed by atoms with Gasteiger partial charge >= 0.3 is 5.97 Å². The van der Waals surface area contributed by atoms with Crippen LogP contribution in [0.3, 0.4) is 0 Å². The van der Waals surface area contributed by atoms with Crippen molar-refractivity contribution >= 4 is 58.0 Å². The zero-order valence-corrected chi connectivity index (χ0v) is 26.6. The number of phenolic OH excluding ortho intramolecular Hbond substituents is 1. The Morgan fingerprint density at radius 3 is 2.46 bits per heavy atom. The highest BCUT2D eigenvalue weighted by Crippen LogP contribution is 2.38. The van der Waals surface area contributed by atoms with Gasteiger partial charge in [-0.05, 0) is 67.5 Å². The molecule has 46 heavy (non-hydrogen) atoms. The van der Waals surface area contributed by atoms with Crippen LogP contribution >= 0.6 is 35.4 Å². The summed E-state index contributed by atoms with van der Waals surface area (Å²) in [7, 11) is 0. The van der Waals surface area contributed by atoms with E-state index in [0.717, 1.165) is 12.8 Å². The minimum Gasteiger partial charge on any atom is -0.508 e. The molecule has 3 heterocycles. The molecule has 0 bridgehead atoms. The van der Waals surface area contributed by atoms with Crippen LogP contribution in [0.5, 0.6) is 5.75 Å². The van der Waals surface area contributed by atoms with E-state index in [9.17, 15) is 19.8 Å². The first-order valence-corrected chi connectivity index (χ1v) is 15.8. The average molecular weight is 682 g/mol. The van der Waals surface area contributed by atoms with E-state index < -0.39 is 17.2 Å². The predicted octanol–water partition coefficient (Wildman–Crippen LogP) is 6.35. The van der Waals surface area contributed by atoms with Crippen molar-refractivity contribution in [2.75, 3.05) is 31.1 Å². The lowest BCUT2D eigenvalue weighted by Crippen LogP contribution is -2.47. The zero-order valence-electron chi connectivity index (χ0n) is 24.2. The molecule has 3 aromatic carbocycles. The summed E-state index contributed by atoms with van der Waals surface area (Å²) < 4.78 is 21.1. The number of fused-ring (bicyclic) bond motifs is 1. The van der Waals surface area contributed by atoms with E-state index in [0.29, 0.717) is 75.9 Å². The monoisotopic (exact) mass is 680 g/mol. The Kier molecular flexibility index (Phi) is 7.84. The van der Waals surface area contributed by atoms with Gasteiger partial charge in [0.1, 0.15) is 17.1 Å². The number of aromatic carboxylic acids is 1. The van der Waals surface area contributed by atoms with E-state index in [1.807, 2.05) is 11.0 Å². The molecule has 0 radical (unpaired) electrons. The van der Waals surface area contributed by atoms with Crippen molar-refractivity contribution in [2.45, 2.75) is 25.6 Å². The largest absolute Gasteiger partial charge is 0.508 e. The number of carboxylic acid groups (broad SMARTS) is 1. The number of hydrogen-bond acceptors (Lipinski definition) is 7. The molecule has 10 nitrogen and oxygen atoms in total. The van der Waals surface area contributed by atoms with Crippen LogP contribution in [0.1, 0.15) is 29.2 Å². The predicted molar refractivity (Wildman–Crippen MR) is 177 cm³/mol. The zero-order chi connectivity index (χ0) is 32.3. The molecule has 1 aliphatic heterocycles. The maximum atomic E-state index is 15.5. The molecule has 1 saturated carbocycles. The molecule has 236 valence electrons. The number of benzene rings is 3. The number of carbonyl (C=O) groups is 1. The smallest absolute Gasteiger partial charge is 0.341 e. The number of pyridine rings is 1. The highest BCUT2D eigenvalue weighted by atomic mass is 35.5. The standard InChI is InChI=1S/C32H27Cl2FN6O4S/c33-19-4-7-26(24(34)13-19)41-30(18-2-1-3-21(42)12-18)36-40(32(41)46)17-37-8-10-38(11-9-37)28-15-27-22(14-25(28)35)29(43)23(31(44)45)16-39(27)20-5-6-20/h1-4,7,12-16,20,42H,5-6,8-11,17H2,(H,44,45). The van der Waals surface area contributed by atoms with Gasteiger partial charge in [0.25, 0.3) is 0 Å². The van der Waals surface area contributed by atoms with Gasteiger partial charge in [-0.3, -0.25) is 14.3 Å². The van der Waals surface area contributed by atoms with Crippen LogP contribution in [0.15, 0.2) is 65.6 Å². The quantitative estimate of drug-likeness (QED) is 0.192. The van der Waals surface area contributed by atoms with Crippen LogP contribution in [-0.4, -0.2) is 66.2 Å². The lowest BCUT2D eigenvalue weighted by atomic mass is 10.1. The van der Waals surface area contributed by atoms with Crippen LogP contribution in [0.25, 0.3) is 28.0 Å². The molecule has 0 amide bonds. The number of hydrogen-bond donors (Lipinski definition) is 2. The highest BCUT2D eigenvalue weighted by Gasteiger charge is 2.29. The van der Waals surface area contributed by atoms with Crippen molar-refractivity contribution < 1.29 is 19.4 Å². The molecule has 0 atom stereocenters. The molecule has 1 saturated heterocycles. The fourth-order valence-electron chi connectivity index (χ4n) is 5.94. The summed E-state index contributed by atoms with van der Waals surface area (Å²) in [6.07, 6.45) is 3.13. The maximum Gasteiger partial charge on any atom is 0.341 e. The van der Waals surface area contributed by atoms with Crippen molar-refractivity contribution in [2.24, 2.45) is 0 Å². The van der Waals surface area contributed by atoms with Crippen molar-refractivity contribution in [3.8, 4) is 22.8 Å². The summed E-state index contributed by atoms with van der Waals surface area (Å²) in [5.41, 5.74) is 1.11. The van der Waals surface area contributed by atoms with E-state index in [2.05, 4.69) is 4.90 Å². The number of piperazine rings is 1. The summed E-state index contributed by atoms with van der Waals surface area (Å²) >= 11 is 18.6. The van der Waals surface area contributed by atoms with E-state index in [-0.39, 0.29) is 22.7 Å². The summed E-state index contributed by atoms with van der Waals surface area (Å²) in [6, 6.07) is 14.8. The molecule has 1 aliphatic carbocycles. The Balaban J connectivity index is 1.17. The first-order valence-electron chi connectivity index (χ1n) is 14.6. The molecule has 7 rings (SSSR count). The van der Waals surface area contributed by atoms with Gasteiger partial charge in [-0.2, -0.15) is 0 Å². The van der Waals surface area contributed by atoms with Gasteiger partial charge in [0.2, 0.25) is 10.2 Å². The van der Waals surface area contributed by atoms with Gasteiger partial charge in [-0.15, -0.1) is 5.10 Å². The second-order valence-corrected chi connectivity index (χ2v) is 12.7. The molecule has 14 heteroatoms. The molecule has 2 fully saturated rings. The topological polar surface area (TPSA) is 109 Å². The number of halogens is 3. The van der Waals surface area contributed by atoms with Crippen molar-refractivity contribution in [1.82, 2.24) is 23.8 Å². The molecule has 0 spiro atoms. The number of rotatable bonds is 7. The third-order valence-corrected chi connectivity index (χ3v) is 9.34. The third kappa shape index (κ3) is 5.55. The van der Waals surface area contributed by atoms with Crippen LogP contribution in [0.4, 0.5) is 10.1 Å². The second kappa shape index (κ2) is 11.8. The number of aromatic hydroxyl groups is 1. The third-order valence-electron chi connectivity index (χ3n) is 8.41. The Morgan fingerprint density at radius 2 is 1.78 bits per heavy atom. The Morgan fingerprint density at radius 1 is 1.02 bits per heavy atom. The number of phenols is 1. The summed E-state index contributed by atoms with van der Waals surface area (Å²) in [6.45, 7) is 2.50. The normalized spacial score (nSPS) is 15.5. The lowest BCUT2D eigenvalue weighted by Gasteiger charge is -2.36. The number of carboxylic acids is 1. The first kappa shape index (κ1) is 30.4. The van der Waals surface area contributed by atoms with Crippen molar-refractivity contribution in [3.63, 3.8) is 0 Å². The molecule has 5 aromatic rings. The van der Waals surface area contributed by atoms with E-state index in [4.69, 9.17) is 40.5 Å². The fraction of sp³-hybridized carbons (Fsp3) is 0.250. The molecule has 2 aromatic heterocycles. The van der Waals surface area contributed by atoms with Gasteiger partial charge in [0.15, 0.2) is 5.82 Å². The highest BCUT2D eigenvalue weighted by molar-refractivity contribution is 7.71.